The van der Waals surface area contributed by atoms with Crippen molar-refractivity contribution in [2.75, 3.05) is 19.6 Å². The topological polar surface area (TPSA) is 29.3 Å². The minimum Gasteiger partial charge on any atom is -0.326 e. The summed E-state index contributed by atoms with van der Waals surface area (Å²) in [5.41, 5.74) is 6.23. The molecule has 0 bridgehead atoms. The number of nitrogens with two attached hydrogens (primary N) is 1. The third kappa shape index (κ3) is 7.24. The Kier molecular flexibility index (Phi) is 10.0. The molecule has 0 radical (unpaired) electrons. The summed E-state index contributed by atoms with van der Waals surface area (Å²) in [5.74, 6) is 0.644. The molecule has 0 rings (SSSR count). The van der Waals surface area contributed by atoms with E-state index in [0.29, 0.717) is 12.0 Å². The highest BCUT2D eigenvalue weighted by Crippen LogP contribution is 2.08. The second-order valence-corrected chi connectivity index (χ2v) is 5.06. The van der Waals surface area contributed by atoms with E-state index in [0.717, 1.165) is 6.54 Å². The number of hydrogen-bond acceptors (Lipinski definition) is 2. The van der Waals surface area contributed by atoms with Crippen molar-refractivity contribution in [2.24, 2.45) is 11.7 Å². The molecule has 0 aliphatic carbocycles. The molecule has 0 spiro atoms. The van der Waals surface area contributed by atoms with Crippen LogP contribution in [0, 0.1) is 5.92 Å². The number of unbranched alkanes of at least 4 members (excludes halogenated alkanes) is 2. The molecule has 0 unspecified atom stereocenters. The van der Waals surface area contributed by atoms with Crippen LogP contribution in [-0.4, -0.2) is 30.6 Å². The van der Waals surface area contributed by atoms with Gasteiger partial charge in [0, 0.05) is 12.6 Å². The van der Waals surface area contributed by atoms with Gasteiger partial charge in [-0.05, 0) is 31.8 Å². The van der Waals surface area contributed by atoms with E-state index in [9.17, 15) is 0 Å². The minimum atomic E-state index is 0.346. The molecule has 16 heavy (non-hydrogen) atoms. The zero-order valence-electron chi connectivity index (χ0n) is 11.8. The van der Waals surface area contributed by atoms with Crippen molar-refractivity contribution in [1.82, 2.24) is 4.90 Å². The Hall–Kier alpha value is -0.0800. The molecule has 0 aromatic heterocycles. The van der Waals surface area contributed by atoms with E-state index >= 15 is 0 Å². The van der Waals surface area contributed by atoms with Crippen molar-refractivity contribution in [3.63, 3.8) is 0 Å². The summed E-state index contributed by atoms with van der Waals surface area (Å²) in [4.78, 5) is 2.56. The lowest BCUT2D eigenvalue weighted by Crippen LogP contribution is -2.42. The molecule has 2 heteroatoms. The van der Waals surface area contributed by atoms with Gasteiger partial charge in [-0.15, -0.1) is 0 Å². The molecule has 0 saturated heterocycles. The molecule has 0 aliphatic rings. The molecule has 0 fully saturated rings. The van der Waals surface area contributed by atoms with Gasteiger partial charge in [0.05, 0.1) is 0 Å². The second-order valence-electron chi connectivity index (χ2n) is 5.06. The Morgan fingerprint density at radius 1 is 1.00 bits per heavy atom. The van der Waals surface area contributed by atoms with Crippen molar-refractivity contribution in [3.8, 4) is 0 Å². The van der Waals surface area contributed by atoms with Gasteiger partial charge in [0.1, 0.15) is 0 Å². The zero-order chi connectivity index (χ0) is 12.4. The summed E-state index contributed by atoms with van der Waals surface area (Å²) >= 11 is 0. The minimum absolute atomic E-state index is 0.346. The van der Waals surface area contributed by atoms with E-state index in [1.807, 2.05) is 0 Å². The van der Waals surface area contributed by atoms with Gasteiger partial charge >= 0.3 is 0 Å². The molecule has 0 heterocycles. The van der Waals surface area contributed by atoms with Crippen molar-refractivity contribution in [2.45, 2.75) is 65.8 Å². The van der Waals surface area contributed by atoms with Crippen molar-refractivity contribution >= 4 is 0 Å². The first-order chi connectivity index (χ1) is 7.65. The van der Waals surface area contributed by atoms with E-state index in [4.69, 9.17) is 5.73 Å². The first-order valence-corrected chi connectivity index (χ1v) is 7.13. The average molecular weight is 228 g/mol. The van der Waals surface area contributed by atoms with Gasteiger partial charge in [0.15, 0.2) is 0 Å². The normalized spacial score (nSPS) is 15.4. The van der Waals surface area contributed by atoms with Crippen LogP contribution in [-0.2, 0) is 0 Å². The Labute approximate surface area is 103 Å². The van der Waals surface area contributed by atoms with E-state index in [2.05, 4.69) is 32.6 Å². The van der Waals surface area contributed by atoms with Gasteiger partial charge < -0.3 is 10.6 Å². The van der Waals surface area contributed by atoms with Gasteiger partial charge in [-0.25, -0.2) is 0 Å². The van der Waals surface area contributed by atoms with Gasteiger partial charge in [-0.3, -0.25) is 0 Å². The highest BCUT2D eigenvalue weighted by molar-refractivity contribution is 4.73. The van der Waals surface area contributed by atoms with Crippen LogP contribution in [0.5, 0.6) is 0 Å². The maximum atomic E-state index is 6.23. The predicted octanol–water partition coefficient (Wildman–Crippen LogP) is 3.26. The lowest BCUT2D eigenvalue weighted by molar-refractivity contribution is 0.226. The third-order valence-corrected chi connectivity index (χ3v) is 3.50. The monoisotopic (exact) mass is 228 g/mol. The Morgan fingerprint density at radius 2 is 1.50 bits per heavy atom. The fourth-order valence-electron chi connectivity index (χ4n) is 1.84. The maximum Gasteiger partial charge on any atom is 0.0193 e. The van der Waals surface area contributed by atoms with Crippen LogP contribution < -0.4 is 5.73 Å². The Bertz CT molecular complexity index is 140. The predicted molar refractivity (Wildman–Crippen MR) is 73.7 cm³/mol. The first kappa shape index (κ1) is 15.9. The summed E-state index contributed by atoms with van der Waals surface area (Å²) in [7, 11) is 0. The van der Waals surface area contributed by atoms with E-state index in [1.54, 1.807) is 0 Å². The van der Waals surface area contributed by atoms with Crippen LogP contribution in [0.2, 0.25) is 0 Å². The Balaban J connectivity index is 3.96. The molecular weight excluding hydrogens is 196 g/mol. The average Bonchev–Trinajstić information content (AvgIpc) is 2.31. The lowest BCUT2D eigenvalue weighted by atomic mass is 9.99. The molecule has 98 valence electrons. The van der Waals surface area contributed by atoms with Crippen LogP contribution in [0.3, 0.4) is 0 Å². The van der Waals surface area contributed by atoms with Crippen molar-refractivity contribution in [3.05, 3.63) is 0 Å². The number of rotatable bonds is 10. The van der Waals surface area contributed by atoms with Gasteiger partial charge in [0.2, 0.25) is 0 Å². The maximum absolute atomic E-state index is 6.23. The quantitative estimate of drug-likeness (QED) is 0.622. The van der Waals surface area contributed by atoms with Crippen molar-refractivity contribution in [1.29, 1.82) is 0 Å². The molecule has 0 amide bonds. The van der Waals surface area contributed by atoms with Crippen LogP contribution in [0.4, 0.5) is 0 Å². The van der Waals surface area contributed by atoms with Crippen LogP contribution in [0.1, 0.15) is 59.8 Å². The SMILES string of the molecule is CCCCN(CCCC)C[C@H](N)[C@@H](C)CC. The summed E-state index contributed by atoms with van der Waals surface area (Å²) in [6.45, 7) is 12.5. The standard InChI is InChI=1S/C14H32N2/c1-5-8-10-16(11-9-6-2)12-14(15)13(4)7-3/h13-14H,5-12,15H2,1-4H3/t13-,14-/m0/s1. The second kappa shape index (κ2) is 10.1. The van der Waals surface area contributed by atoms with Gasteiger partial charge in [-0.1, -0.05) is 47.0 Å². The van der Waals surface area contributed by atoms with Crippen molar-refractivity contribution < 1.29 is 0 Å². The first-order valence-electron chi connectivity index (χ1n) is 7.13. The van der Waals surface area contributed by atoms with E-state index in [-0.39, 0.29) is 0 Å². The molecule has 0 aliphatic heterocycles. The summed E-state index contributed by atoms with van der Waals surface area (Å²) < 4.78 is 0. The zero-order valence-corrected chi connectivity index (χ0v) is 11.8. The van der Waals surface area contributed by atoms with Gasteiger partial charge in [-0.2, -0.15) is 0 Å². The molecule has 2 N–H and O–H groups in total. The lowest BCUT2D eigenvalue weighted by Gasteiger charge is -2.28. The molecule has 2 atom stereocenters. The molecule has 2 nitrogen and oxygen atoms in total. The van der Waals surface area contributed by atoms with Crippen LogP contribution in [0.15, 0.2) is 0 Å². The highest BCUT2D eigenvalue weighted by atomic mass is 15.1. The smallest absolute Gasteiger partial charge is 0.0193 e. The fourth-order valence-corrected chi connectivity index (χ4v) is 1.84. The van der Waals surface area contributed by atoms with E-state index in [1.165, 1.54) is 45.2 Å². The molecule has 0 aromatic rings. The summed E-state index contributed by atoms with van der Waals surface area (Å²) in [6.07, 6.45) is 6.35. The largest absolute Gasteiger partial charge is 0.326 e. The molecule has 0 saturated carbocycles. The summed E-state index contributed by atoms with van der Waals surface area (Å²) in [6, 6.07) is 0.346. The molecule has 0 aromatic carbocycles. The van der Waals surface area contributed by atoms with Gasteiger partial charge in [0.25, 0.3) is 0 Å². The van der Waals surface area contributed by atoms with Crippen LogP contribution in [0.25, 0.3) is 0 Å². The van der Waals surface area contributed by atoms with E-state index < -0.39 is 0 Å². The van der Waals surface area contributed by atoms with Crippen LogP contribution >= 0.6 is 0 Å². The number of hydrogen-bond donors (Lipinski definition) is 1. The molecular formula is C14H32N2. The summed E-state index contributed by atoms with van der Waals surface area (Å²) in [5, 5.41) is 0. The Morgan fingerprint density at radius 3 is 1.88 bits per heavy atom. The third-order valence-electron chi connectivity index (χ3n) is 3.50. The number of nitrogens with zero attached hydrogens (tertiary/aromatic N) is 1. The fraction of sp³-hybridized carbons (Fsp3) is 1.00. The highest BCUT2D eigenvalue weighted by Gasteiger charge is 2.14.